The molecule has 2 aliphatic heterocycles. The van der Waals surface area contributed by atoms with Crippen LogP contribution in [-0.4, -0.2) is 55.8 Å². The summed E-state index contributed by atoms with van der Waals surface area (Å²) < 4.78 is 16.2. The Balaban J connectivity index is 1.37. The summed E-state index contributed by atoms with van der Waals surface area (Å²) in [5, 5.41) is 0. The van der Waals surface area contributed by atoms with E-state index in [-0.39, 0.29) is 5.91 Å². The molecule has 2 aromatic rings. The Bertz CT molecular complexity index is 844. The molecule has 0 atom stereocenters. The highest BCUT2D eigenvalue weighted by Gasteiger charge is 2.25. The van der Waals surface area contributed by atoms with Crippen molar-refractivity contribution in [2.75, 3.05) is 40.1 Å². The van der Waals surface area contributed by atoms with E-state index in [9.17, 15) is 4.79 Å². The summed E-state index contributed by atoms with van der Waals surface area (Å²) in [4.78, 5) is 17.2. The molecule has 0 saturated carbocycles. The van der Waals surface area contributed by atoms with Gasteiger partial charge in [-0.3, -0.25) is 9.69 Å². The zero-order valence-corrected chi connectivity index (χ0v) is 15.7. The predicted octanol–water partition coefficient (Wildman–Crippen LogP) is 2.69. The van der Waals surface area contributed by atoms with Crippen molar-refractivity contribution in [3.8, 4) is 17.2 Å². The minimum Gasteiger partial charge on any atom is -0.496 e. The first-order valence-electron chi connectivity index (χ1n) is 9.19. The van der Waals surface area contributed by atoms with Gasteiger partial charge in [0.15, 0.2) is 11.5 Å². The number of fused-ring (bicyclic) bond motifs is 1. The van der Waals surface area contributed by atoms with Gasteiger partial charge < -0.3 is 19.1 Å². The standard InChI is InChI=1S/C21H24N2O4/c1-15-3-5-18(25-2)17(11-15)21(24)23-9-7-22(8-10-23)13-16-4-6-19-20(12-16)27-14-26-19/h3-6,11-12H,7-10,13-14H2,1-2H3. The smallest absolute Gasteiger partial charge is 0.257 e. The lowest BCUT2D eigenvalue weighted by molar-refractivity contribution is 0.0625. The molecule has 6 nitrogen and oxygen atoms in total. The molecule has 2 aromatic carbocycles. The molecule has 0 radical (unpaired) electrons. The van der Waals surface area contributed by atoms with Crippen LogP contribution < -0.4 is 14.2 Å². The first-order chi connectivity index (χ1) is 13.1. The van der Waals surface area contributed by atoms with Crippen molar-refractivity contribution in [3.63, 3.8) is 0 Å². The molecule has 0 aromatic heterocycles. The van der Waals surface area contributed by atoms with Crippen molar-refractivity contribution in [2.24, 2.45) is 0 Å². The van der Waals surface area contributed by atoms with Crippen LogP contribution in [0.3, 0.4) is 0 Å². The van der Waals surface area contributed by atoms with Crippen molar-refractivity contribution in [3.05, 3.63) is 53.1 Å². The van der Waals surface area contributed by atoms with E-state index in [1.165, 1.54) is 5.56 Å². The lowest BCUT2D eigenvalue weighted by Gasteiger charge is -2.35. The van der Waals surface area contributed by atoms with Crippen LogP contribution in [0.25, 0.3) is 0 Å². The number of nitrogens with zero attached hydrogens (tertiary/aromatic N) is 2. The number of ether oxygens (including phenoxy) is 3. The van der Waals surface area contributed by atoms with Crippen molar-refractivity contribution in [2.45, 2.75) is 13.5 Å². The number of carbonyl (C=O) groups excluding carboxylic acids is 1. The van der Waals surface area contributed by atoms with Crippen LogP contribution in [0, 0.1) is 6.92 Å². The van der Waals surface area contributed by atoms with Crippen LogP contribution >= 0.6 is 0 Å². The number of methoxy groups -OCH3 is 1. The van der Waals surface area contributed by atoms with Crippen LogP contribution in [0.4, 0.5) is 0 Å². The highest BCUT2D eigenvalue weighted by Crippen LogP contribution is 2.33. The van der Waals surface area contributed by atoms with Gasteiger partial charge in [-0.2, -0.15) is 0 Å². The molecule has 142 valence electrons. The summed E-state index contributed by atoms with van der Waals surface area (Å²) in [6.07, 6.45) is 0. The molecule has 2 aliphatic rings. The van der Waals surface area contributed by atoms with Crippen molar-refractivity contribution in [1.82, 2.24) is 9.80 Å². The maximum absolute atomic E-state index is 12.9. The molecule has 1 saturated heterocycles. The average Bonchev–Trinajstić information content (AvgIpc) is 3.16. The van der Waals surface area contributed by atoms with Gasteiger partial charge in [-0.15, -0.1) is 0 Å². The van der Waals surface area contributed by atoms with E-state index in [0.717, 1.165) is 36.7 Å². The van der Waals surface area contributed by atoms with Crippen LogP contribution in [0.15, 0.2) is 36.4 Å². The molecule has 2 heterocycles. The number of benzene rings is 2. The number of rotatable bonds is 4. The number of hydrogen-bond acceptors (Lipinski definition) is 5. The van der Waals surface area contributed by atoms with Gasteiger partial charge in [0, 0.05) is 32.7 Å². The summed E-state index contributed by atoms with van der Waals surface area (Å²) >= 11 is 0. The fourth-order valence-electron chi connectivity index (χ4n) is 3.57. The van der Waals surface area contributed by atoms with Crippen LogP contribution in [0.5, 0.6) is 17.2 Å². The number of carbonyl (C=O) groups is 1. The van der Waals surface area contributed by atoms with E-state index < -0.39 is 0 Å². The highest BCUT2D eigenvalue weighted by atomic mass is 16.7. The van der Waals surface area contributed by atoms with E-state index in [1.807, 2.05) is 42.2 Å². The first-order valence-corrected chi connectivity index (χ1v) is 9.19. The van der Waals surface area contributed by atoms with Gasteiger partial charge in [0.25, 0.3) is 5.91 Å². The maximum atomic E-state index is 12.9. The number of amides is 1. The van der Waals surface area contributed by atoms with E-state index in [2.05, 4.69) is 11.0 Å². The van der Waals surface area contributed by atoms with Gasteiger partial charge in [-0.1, -0.05) is 17.7 Å². The van der Waals surface area contributed by atoms with Gasteiger partial charge in [-0.05, 0) is 36.8 Å². The molecule has 0 aliphatic carbocycles. The SMILES string of the molecule is COc1ccc(C)cc1C(=O)N1CCN(Cc2ccc3c(c2)OCO3)CC1. The van der Waals surface area contributed by atoms with Gasteiger partial charge >= 0.3 is 0 Å². The molecule has 4 rings (SSSR count). The Hall–Kier alpha value is -2.73. The first kappa shape index (κ1) is 17.7. The molecular formula is C21H24N2O4. The Morgan fingerprint density at radius 2 is 1.81 bits per heavy atom. The summed E-state index contributed by atoms with van der Waals surface area (Å²) in [7, 11) is 1.60. The minimum atomic E-state index is 0.0401. The van der Waals surface area contributed by atoms with Gasteiger partial charge in [-0.25, -0.2) is 0 Å². The van der Waals surface area contributed by atoms with Crippen molar-refractivity contribution >= 4 is 5.91 Å². The normalized spacial score (nSPS) is 16.4. The summed E-state index contributed by atoms with van der Waals surface area (Å²) in [5.41, 5.74) is 2.89. The number of aryl methyl sites for hydroxylation is 1. The van der Waals surface area contributed by atoms with Crippen LogP contribution in [0.2, 0.25) is 0 Å². The Morgan fingerprint density at radius 3 is 2.59 bits per heavy atom. The molecular weight excluding hydrogens is 344 g/mol. The van der Waals surface area contributed by atoms with Gasteiger partial charge in [0.2, 0.25) is 6.79 Å². The molecule has 27 heavy (non-hydrogen) atoms. The maximum Gasteiger partial charge on any atom is 0.257 e. The zero-order chi connectivity index (χ0) is 18.8. The Labute approximate surface area is 159 Å². The van der Waals surface area contributed by atoms with Crippen molar-refractivity contribution in [1.29, 1.82) is 0 Å². The average molecular weight is 368 g/mol. The quantitative estimate of drug-likeness (QED) is 0.831. The second kappa shape index (κ2) is 7.48. The second-order valence-corrected chi connectivity index (χ2v) is 6.96. The van der Waals surface area contributed by atoms with Gasteiger partial charge in [0.1, 0.15) is 5.75 Å². The third-order valence-corrected chi connectivity index (χ3v) is 5.09. The molecule has 0 bridgehead atoms. The summed E-state index contributed by atoms with van der Waals surface area (Å²) in [5.74, 6) is 2.29. The minimum absolute atomic E-state index is 0.0401. The Morgan fingerprint density at radius 1 is 1.04 bits per heavy atom. The van der Waals surface area contributed by atoms with Crippen molar-refractivity contribution < 1.29 is 19.0 Å². The molecule has 6 heteroatoms. The van der Waals surface area contributed by atoms with Gasteiger partial charge in [0.05, 0.1) is 12.7 Å². The highest BCUT2D eigenvalue weighted by molar-refractivity contribution is 5.97. The van der Waals surface area contributed by atoms with E-state index >= 15 is 0 Å². The lowest BCUT2D eigenvalue weighted by Crippen LogP contribution is -2.48. The van der Waals surface area contributed by atoms with E-state index in [0.29, 0.717) is 31.2 Å². The number of hydrogen-bond donors (Lipinski definition) is 0. The summed E-state index contributed by atoms with van der Waals surface area (Å²) in [6.45, 7) is 6.22. The molecule has 0 spiro atoms. The van der Waals surface area contributed by atoms with E-state index in [4.69, 9.17) is 14.2 Å². The summed E-state index contributed by atoms with van der Waals surface area (Å²) in [6, 6.07) is 11.8. The lowest BCUT2D eigenvalue weighted by atomic mass is 10.1. The predicted molar refractivity (Wildman–Crippen MR) is 101 cm³/mol. The molecule has 1 amide bonds. The molecule has 0 N–H and O–H groups in total. The fraction of sp³-hybridized carbons (Fsp3) is 0.381. The van der Waals surface area contributed by atoms with Crippen LogP contribution in [-0.2, 0) is 6.54 Å². The fourth-order valence-corrected chi connectivity index (χ4v) is 3.57. The monoisotopic (exact) mass is 368 g/mol. The largest absolute Gasteiger partial charge is 0.496 e. The van der Waals surface area contributed by atoms with Crippen LogP contribution in [0.1, 0.15) is 21.5 Å². The zero-order valence-electron chi connectivity index (χ0n) is 15.7. The molecule has 1 fully saturated rings. The number of piperazine rings is 1. The third kappa shape index (κ3) is 3.71. The Kier molecular flexibility index (Phi) is 4.90. The topological polar surface area (TPSA) is 51.2 Å². The molecule has 0 unspecified atom stereocenters. The third-order valence-electron chi connectivity index (χ3n) is 5.09. The second-order valence-electron chi connectivity index (χ2n) is 6.96. The van der Waals surface area contributed by atoms with E-state index in [1.54, 1.807) is 7.11 Å².